The number of carbonyl (C=O) groups excluding carboxylic acids is 3. The van der Waals surface area contributed by atoms with Gasteiger partial charge in [0.1, 0.15) is 18.8 Å². The van der Waals surface area contributed by atoms with E-state index in [1.807, 2.05) is 0 Å². The molecule has 1 rings (SSSR count). The minimum atomic E-state index is -1.91. The topological polar surface area (TPSA) is 175 Å². The molecule has 6 atom stereocenters. The van der Waals surface area contributed by atoms with Gasteiger partial charge < -0.3 is 39.0 Å². The van der Waals surface area contributed by atoms with Crippen LogP contribution in [0, 0.1) is 0 Å². The summed E-state index contributed by atoms with van der Waals surface area (Å²) in [6, 6.07) is 0. The number of rotatable bonds is 48. The van der Waals surface area contributed by atoms with E-state index < -0.39 is 67.3 Å². The highest BCUT2D eigenvalue weighted by Crippen LogP contribution is 2.26. The zero-order valence-corrected chi connectivity index (χ0v) is 45.0. The van der Waals surface area contributed by atoms with Crippen LogP contribution in [0.4, 0.5) is 0 Å². The van der Waals surface area contributed by atoms with Crippen LogP contribution in [0.25, 0.3) is 0 Å². The van der Waals surface area contributed by atoms with Crippen LogP contribution in [0.5, 0.6) is 0 Å². The fraction of sp³-hybridized carbons (Fsp3) is 0.797. The Hall–Kier alpha value is -3.32. The number of aliphatic hydroxyl groups excluding tert-OH is 2. The molecule has 0 aliphatic carbocycles. The van der Waals surface area contributed by atoms with Crippen LogP contribution < -0.4 is 0 Å². The second-order valence-electron chi connectivity index (χ2n) is 19.5. The first-order chi connectivity index (χ1) is 34.6. The van der Waals surface area contributed by atoms with E-state index in [4.69, 9.17) is 23.7 Å². The molecule has 71 heavy (non-hydrogen) atoms. The zero-order chi connectivity index (χ0) is 51.8. The molecule has 0 amide bonds. The molecular weight excluding hydrogens is 901 g/mol. The number of esters is 3. The third-order valence-corrected chi connectivity index (χ3v) is 12.9. The van der Waals surface area contributed by atoms with Gasteiger partial charge in [-0.25, -0.2) is 4.79 Å². The lowest BCUT2D eigenvalue weighted by molar-refractivity contribution is -0.301. The average molecular weight is 1000 g/mol. The lowest BCUT2D eigenvalue weighted by Crippen LogP contribution is -2.61. The monoisotopic (exact) mass is 1000 g/mol. The van der Waals surface area contributed by atoms with Crippen LogP contribution in [0.1, 0.15) is 252 Å². The van der Waals surface area contributed by atoms with Crippen LogP contribution >= 0.6 is 0 Å². The van der Waals surface area contributed by atoms with Crippen molar-refractivity contribution in [1.82, 2.24) is 0 Å². The summed E-state index contributed by atoms with van der Waals surface area (Å²) in [5.41, 5.74) is 0. The van der Waals surface area contributed by atoms with Gasteiger partial charge in [-0.1, -0.05) is 204 Å². The highest BCUT2D eigenvalue weighted by molar-refractivity contribution is 5.74. The van der Waals surface area contributed by atoms with E-state index >= 15 is 0 Å². The standard InChI is InChI=1S/C59H102O12/c1-4-7-10-13-16-19-22-24-26-28-31-33-36-39-42-45-51(60)67-48-50(69-52(61)46-43-40-37-34-30-21-18-15-12-9-6-3)49-68-59-57(55(64)54(63)56(71-59)58(65)66)70-53(62)47-44-41-38-35-32-29-27-25-23-20-17-14-11-8-5-2/h8,11,17,20,24-27,50,54-57,59,63-64H,4-7,9-10,12-16,18-19,21-23,28-49H2,1-3H3,(H,65,66)/b11-8-,20-17-,26-24-,27-25-. The van der Waals surface area contributed by atoms with Gasteiger partial charge in [-0.3, -0.25) is 14.4 Å². The molecule has 12 heteroatoms. The summed E-state index contributed by atoms with van der Waals surface area (Å²) in [7, 11) is 0. The number of ether oxygens (including phenoxy) is 5. The second-order valence-corrected chi connectivity index (χ2v) is 19.5. The Kier molecular flexibility index (Phi) is 44.1. The van der Waals surface area contributed by atoms with Gasteiger partial charge in [-0.05, 0) is 77.0 Å². The van der Waals surface area contributed by atoms with Crippen molar-refractivity contribution < 1.29 is 58.2 Å². The molecule has 1 fully saturated rings. The van der Waals surface area contributed by atoms with Crippen molar-refractivity contribution in [2.45, 2.75) is 289 Å². The number of unbranched alkanes of at least 4 members (excludes halogenated alkanes) is 26. The Morgan fingerprint density at radius 2 is 0.887 bits per heavy atom. The van der Waals surface area contributed by atoms with Crippen LogP contribution in [0.2, 0.25) is 0 Å². The molecule has 1 aliphatic heterocycles. The molecule has 410 valence electrons. The summed E-state index contributed by atoms with van der Waals surface area (Å²) in [6.45, 7) is 5.85. The zero-order valence-electron chi connectivity index (χ0n) is 45.0. The number of hydrogen-bond donors (Lipinski definition) is 3. The number of carbonyl (C=O) groups is 4. The number of hydrogen-bond acceptors (Lipinski definition) is 11. The van der Waals surface area contributed by atoms with Gasteiger partial charge in [0.05, 0.1) is 6.61 Å². The van der Waals surface area contributed by atoms with Gasteiger partial charge in [0.15, 0.2) is 24.6 Å². The fourth-order valence-corrected chi connectivity index (χ4v) is 8.49. The lowest BCUT2D eigenvalue weighted by Gasteiger charge is -2.40. The molecular formula is C59H102O12. The summed E-state index contributed by atoms with van der Waals surface area (Å²) in [4.78, 5) is 51.0. The lowest BCUT2D eigenvalue weighted by atomic mass is 9.98. The average Bonchev–Trinajstić information content (AvgIpc) is 3.35. The van der Waals surface area contributed by atoms with Crippen molar-refractivity contribution >= 4 is 23.9 Å². The fourth-order valence-electron chi connectivity index (χ4n) is 8.49. The van der Waals surface area contributed by atoms with E-state index in [2.05, 4.69) is 69.4 Å². The normalized spacial score (nSPS) is 18.8. The quantitative estimate of drug-likeness (QED) is 0.0228. The maximum Gasteiger partial charge on any atom is 0.335 e. The predicted molar refractivity (Wildman–Crippen MR) is 285 cm³/mol. The molecule has 1 saturated heterocycles. The van der Waals surface area contributed by atoms with Crippen molar-refractivity contribution in [2.24, 2.45) is 0 Å². The van der Waals surface area contributed by atoms with Crippen LogP contribution in [0.15, 0.2) is 48.6 Å². The summed E-state index contributed by atoms with van der Waals surface area (Å²) in [5.74, 6) is -3.14. The first-order valence-electron chi connectivity index (χ1n) is 28.6. The minimum absolute atomic E-state index is 0.0417. The van der Waals surface area contributed by atoms with E-state index in [9.17, 15) is 34.5 Å². The van der Waals surface area contributed by atoms with E-state index in [0.29, 0.717) is 19.3 Å². The Morgan fingerprint density at radius 1 is 0.479 bits per heavy atom. The molecule has 12 nitrogen and oxygen atoms in total. The Balaban J connectivity index is 2.70. The van der Waals surface area contributed by atoms with Crippen molar-refractivity contribution in [3.8, 4) is 0 Å². The first-order valence-corrected chi connectivity index (χ1v) is 28.6. The summed E-state index contributed by atoms with van der Waals surface area (Å²) < 4.78 is 28.4. The molecule has 3 N–H and O–H groups in total. The van der Waals surface area contributed by atoms with Gasteiger partial charge in [0.2, 0.25) is 0 Å². The molecule has 0 saturated carbocycles. The van der Waals surface area contributed by atoms with Crippen molar-refractivity contribution in [3.63, 3.8) is 0 Å². The highest BCUT2D eigenvalue weighted by Gasteiger charge is 2.50. The van der Waals surface area contributed by atoms with Crippen LogP contribution in [-0.4, -0.2) is 89.2 Å². The molecule has 1 aliphatic rings. The van der Waals surface area contributed by atoms with Gasteiger partial charge in [0.25, 0.3) is 0 Å². The van der Waals surface area contributed by atoms with Crippen LogP contribution in [0.3, 0.4) is 0 Å². The third kappa shape index (κ3) is 38.0. The number of carboxylic acids is 1. The molecule has 6 unspecified atom stereocenters. The Labute approximate surface area is 431 Å². The molecule has 0 aromatic carbocycles. The van der Waals surface area contributed by atoms with E-state index in [1.54, 1.807) is 0 Å². The van der Waals surface area contributed by atoms with E-state index in [0.717, 1.165) is 109 Å². The smallest absolute Gasteiger partial charge is 0.335 e. The van der Waals surface area contributed by atoms with Gasteiger partial charge >= 0.3 is 23.9 Å². The Bertz CT molecular complexity index is 1420. The van der Waals surface area contributed by atoms with Gasteiger partial charge in [-0.15, -0.1) is 0 Å². The summed E-state index contributed by atoms with van der Waals surface area (Å²) >= 11 is 0. The maximum absolute atomic E-state index is 13.1. The number of allylic oxidation sites excluding steroid dienone is 8. The second kappa shape index (κ2) is 47.7. The van der Waals surface area contributed by atoms with Gasteiger partial charge in [-0.2, -0.15) is 0 Å². The highest BCUT2D eigenvalue weighted by atomic mass is 16.7. The molecule has 0 aromatic heterocycles. The maximum atomic E-state index is 13.1. The molecule has 0 aromatic rings. The predicted octanol–water partition coefficient (Wildman–Crippen LogP) is 14.2. The summed E-state index contributed by atoms with van der Waals surface area (Å²) in [6.07, 6.45) is 43.7. The number of carboxylic acid groups (broad SMARTS) is 1. The third-order valence-electron chi connectivity index (χ3n) is 12.9. The van der Waals surface area contributed by atoms with Crippen LogP contribution in [-0.2, 0) is 42.9 Å². The SMILES string of the molecule is CC/C=C\C/C=C\C/C=C\CCCCCCCC(=O)OC1C(OCC(COC(=O)CCCCCCC/C=C\CCCCCCCC)OC(=O)CCCCCCCCCCCCC)OC(C(=O)O)C(O)C1O. The van der Waals surface area contributed by atoms with E-state index in [1.165, 1.54) is 83.5 Å². The van der Waals surface area contributed by atoms with Gasteiger partial charge in [0, 0.05) is 19.3 Å². The first kappa shape index (κ1) is 65.7. The molecule has 1 heterocycles. The molecule has 0 spiro atoms. The molecule has 0 radical (unpaired) electrons. The number of aliphatic hydroxyl groups is 2. The van der Waals surface area contributed by atoms with Crippen molar-refractivity contribution in [3.05, 3.63) is 48.6 Å². The van der Waals surface area contributed by atoms with Crippen molar-refractivity contribution in [1.29, 1.82) is 0 Å². The minimum Gasteiger partial charge on any atom is -0.479 e. The summed E-state index contributed by atoms with van der Waals surface area (Å²) in [5, 5.41) is 31.4. The Morgan fingerprint density at radius 3 is 1.37 bits per heavy atom. The number of aliphatic carboxylic acids is 1. The molecule has 0 bridgehead atoms. The largest absolute Gasteiger partial charge is 0.479 e. The van der Waals surface area contributed by atoms with Crippen molar-refractivity contribution in [2.75, 3.05) is 13.2 Å². The van der Waals surface area contributed by atoms with E-state index in [-0.39, 0.29) is 25.9 Å².